The number of nitrogens with zero attached hydrogens (tertiary/aromatic N) is 3. The number of aromatic nitrogens is 3. The zero-order valence-electron chi connectivity index (χ0n) is 18.4. The van der Waals surface area contributed by atoms with Crippen LogP contribution < -0.4 is 11.1 Å². The van der Waals surface area contributed by atoms with Crippen molar-refractivity contribution in [1.82, 2.24) is 19.9 Å². The number of nitrogens with one attached hydrogen (secondary N) is 2. The highest BCUT2D eigenvalue weighted by Gasteiger charge is 2.47. The Bertz CT molecular complexity index is 1210. The van der Waals surface area contributed by atoms with E-state index in [1.807, 2.05) is 6.07 Å². The fourth-order valence-electron chi connectivity index (χ4n) is 5.59. The third-order valence-electron chi connectivity index (χ3n) is 7.21. The molecule has 2 aromatic heterocycles. The lowest BCUT2D eigenvalue weighted by Gasteiger charge is -2.27. The van der Waals surface area contributed by atoms with Crippen LogP contribution in [0, 0.1) is 17.8 Å². The second kappa shape index (κ2) is 8.28. The van der Waals surface area contributed by atoms with Gasteiger partial charge in [0.2, 0.25) is 5.91 Å². The van der Waals surface area contributed by atoms with Crippen LogP contribution in [0.5, 0.6) is 0 Å². The first kappa shape index (κ1) is 20.4. The molecule has 0 radical (unpaired) electrons. The smallest absolute Gasteiger partial charge is 0.223 e. The Balaban J connectivity index is 1.28. The van der Waals surface area contributed by atoms with Crippen LogP contribution >= 0.6 is 0 Å². The van der Waals surface area contributed by atoms with Gasteiger partial charge in [-0.25, -0.2) is 9.97 Å². The molecule has 1 saturated heterocycles. The molecule has 2 aliphatic carbocycles. The number of anilines is 1. The van der Waals surface area contributed by atoms with Crippen LogP contribution in [0.25, 0.3) is 22.6 Å². The number of aromatic amines is 1. The molecule has 1 aromatic carbocycles. The van der Waals surface area contributed by atoms with Gasteiger partial charge < -0.3 is 20.8 Å². The third kappa shape index (κ3) is 3.79. The average molecular weight is 445 g/mol. The van der Waals surface area contributed by atoms with E-state index in [-0.39, 0.29) is 23.8 Å². The summed E-state index contributed by atoms with van der Waals surface area (Å²) in [7, 11) is 0. The van der Waals surface area contributed by atoms with Crippen molar-refractivity contribution in [2.45, 2.75) is 19.0 Å². The number of hydrogen-bond donors (Lipinski definition) is 3. The second-order valence-corrected chi connectivity index (χ2v) is 9.28. The van der Waals surface area contributed by atoms with Crippen LogP contribution in [-0.4, -0.2) is 58.1 Å². The average Bonchev–Trinajstić information content (AvgIpc) is 3.55. The number of ether oxygens (including phenoxy) is 1. The van der Waals surface area contributed by atoms with E-state index in [4.69, 9.17) is 15.5 Å². The van der Waals surface area contributed by atoms with Gasteiger partial charge in [-0.3, -0.25) is 9.69 Å². The summed E-state index contributed by atoms with van der Waals surface area (Å²) >= 11 is 0. The largest absolute Gasteiger partial charge is 0.379 e. The summed E-state index contributed by atoms with van der Waals surface area (Å²) in [5.74, 6) is 0.901. The second-order valence-electron chi connectivity index (χ2n) is 9.28. The number of rotatable bonds is 6. The van der Waals surface area contributed by atoms with E-state index in [1.165, 1.54) is 5.56 Å². The summed E-state index contributed by atoms with van der Waals surface area (Å²) in [5.41, 5.74) is 10.4. The lowest BCUT2D eigenvalue weighted by atomic mass is 9.88. The van der Waals surface area contributed by atoms with E-state index in [2.05, 4.69) is 56.6 Å². The van der Waals surface area contributed by atoms with E-state index < -0.39 is 0 Å². The van der Waals surface area contributed by atoms with Crippen LogP contribution in [0.15, 0.2) is 48.7 Å². The van der Waals surface area contributed by atoms with E-state index in [9.17, 15) is 4.79 Å². The van der Waals surface area contributed by atoms with Gasteiger partial charge in [-0.2, -0.15) is 0 Å². The number of hydrogen-bond acceptors (Lipinski definition) is 6. The van der Waals surface area contributed by atoms with Crippen LogP contribution in [0.3, 0.4) is 0 Å². The zero-order valence-corrected chi connectivity index (χ0v) is 18.4. The monoisotopic (exact) mass is 444 g/mol. The fourth-order valence-corrected chi connectivity index (χ4v) is 5.59. The molecule has 4 atom stereocenters. The third-order valence-corrected chi connectivity index (χ3v) is 7.21. The SMILES string of the molecule is NC(=O)C1C2C=CC(C2)C1Nc1ccnc2nc(-c3cccc(CN4CCOCC4)c3)[nH]c12. The lowest BCUT2D eigenvalue weighted by Crippen LogP contribution is -2.41. The Morgan fingerprint density at radius 3 is 2.91 bits per heavy atom. The van der Waals surface area contributed by atoms with Gasteiger partial charge in [0, 0.05) is 37.4 Å². The Labute approximate surface area is 192 Å². The van der Waals surface area contributed by atoms with Crippen molar-refractivity contribution in [1.29, 1.82) is 0 Å². The van der Waals surface area contributed by atoms with Gasteiger partial charge in [0.15, 0.2) is 5.65 Å². The summed E-state index contributed by atoms with van der Waals surface area (Å²) in [4.78, 5) is 27.2. The molecule has 6 rings (SSSR count). The number of H-pyrrole nitrogens is 1. The number of carbonyl (C=O) groups excluding carboxylic acids is 1. The van der Waals surface area contributed by atoms with Crippen molar-refractivity contribution in [2.24, 2.45) is 23.5 Å². The predicted molar refractivity (Wildman–Crippen MR) is 126 cm³/mol. The summed E-state index contributed by atoms with van der Waals surface area (Å²) in [5, 5.41) is 3.60. The summed E-state index contributed by atoms with van der Waals surface area (Å²) < 4.78 is 5.46. The molecule has 3 aliphatic rings. The first-order valence-corrected chi connectivity index (χ1v) is 11.6. The van der Waals surface area contributed by atoms with Crippen molar-refractivity contribution in [3.8, 4) is 11.4 Å². The predicted octanol–water partition coefficient (Wildman–Crippen LogP) is 2.54. The van der Waals surface area contributed by atoms with Gasteiger partial charge in [0.05, 0.1) is 24.8 Å². The molecule has 3 heterocycles. The number of allylic oxidation sites excluding steroid dienone is 1. The van der Waals surface area contributed by atoms with E-state index >= 15 is 0 Å². The number of carbonyl (C=O) groups is 1. The maximum Gasteiger partial charge on any atom is 0.223 e. The summed E-state index contributed by atoms with van der Waals surface area (Å²) in [6.45, 7) is 4.39. The van der Waals surface area contributed by atoms with Crippen LogP contribution in [0.2, 0.25) is 0 Å². The Hall–Kier alpha value is -3.23. The Morgan fingerprint density at radius 1 is 1.21 bits per heavy atom. The molecular weight excluding hydrogens is 416 g/mol. The number of pyridine rings is 1. The molecule has 4 N–H and O–H groups in total. The van der Waals surface area contributed by atoms with Crippen LogP contribution in [0.4, 0.5) is 5.69 Å². The van der Waals surface area contributed by atoms with Crippen molar-refractivity contribution in [3.63, 3.8) is 0 Å². The normalized spacial score (nSPS) is 26.8. The number of benzene rings is 1. The molecule has 0 spiro atoms. The molecule has 2 bridgehead atoms. The standard InChI is InChI=1S/C25H28N6O2/c26-23(32)20-16-4-5-17(13-16)21(20)28-19-6-7-27-25-22(19)29-24(30-25)18-3-1-2-15(12-18)14-31-8-10-33-11-9-31/h1-7,12,16-17,20-21H,8-11,13-14H2,(H2,26,32)(H2,27,28,29,30). The number of fused-ring (bicyclic) bond motifs is 3. The summed E-state index contributed by atoms with van der Waals surface area (Å²) in [6, 6.07) is 10.4. The topological polar surface area (TPSA) is 109 Å². The van der Waals surface area contributed by atoms with Gasteiger partial charge in [-0.05, 0) is 36.0 Å². The minimum atomic E-state index is -0.239. The molecule has 8 nitrogen and oxygen atoms in total. The van der Waals surface area contributed by atoms with Gasteiger partial charge in [-0.15, -0.1) is 0 Å². The highest BCUT2D eigenvalue weighted by molar-refractivity contribution is 5.88. The maximum atomic E-state index is 12.1. The van der Waals surface area contributed by atoms with Crippen LogP contribution in [-0.2, 0) is 16.1 Å². The molecule has 170 valence electrons. The van der Waals surface area contributed by atoms with E-state index in [0.717, 1.165) is 61.9 Å². The number of morpholine rings is 1. The Morgan fingerprint density at radius 2 is 2.06 bits per heavy atom. The first-order chi connectivity index (χ1) is 16.2. The minimum Gasteiger partial charge on any atom is -0.379 e. The fraction of sp³-hybridized carbons (Fsp3) is 0.400. The Kier molecular flexibility index (Phi) is 5.11. The van der Waals surface area contributed by atoms with Gasteiger partial charge in [0.25, 0.3) is 0 Å². The highest BCUT2D eigenvalue weighted by Crippen LogP contribution is 2.45. The summed E-state index contributed by atoms with van der Waals surface area (Å²) in [6.07, 6.45) is 7.08. The maximum absolute atomic E-state index is 12.1. The molecule has 1 aliphatic heterocycles. The molecule has 1 amide bonds. The van der Waals surface area contributed by atoms with Crippen molar-refractivity contribution in [3.05, 3.63) is 54.2 Å². The first-order valence-electron chi connectivity index (χ1n) is 11.6. The van der Waals surface area contributed by atoms with Crippen LogP contribution in [0.1, 0.15) is 12.0 Å². The van der Waals surface area contributed by atoms with Crippen molar-refractivity contribution < 1.29 is 9.53 Å². The highest BCUT2D eigenvalue weighted by atomic mass is 16.5. The lowest BCUT2D eigenvalue weighted by molar-refractivity contribution is -0.122. The van der Waals surface area contributed by atoms with Gasteiger partial charge in [0.1, 0.15) is 11.3 Å². The molecular formula is C25H28N6O2. The van der Waals surface area contributed by atoms with E-state index in [0.29, 0.717) is 11.6 Å². The molecule has 3 aromatic rings. The molecule has 4 unspecified atom stereocenters. The zero-order chi connectivity index (χ0) is 22.4. The van der Waals surface area contributed by atoms with Gasteiger partial charge >= 0.3 is 0 Å². The minimum absolute atomic E-state index is 0.00768. The van der Waals surface area contributed by atoms with Crippen molar-refractivity contribution >= 4 is 22.8 Å². The molecule has 33 heavy (non-hydrogen) atoms. The molecule has 2 fully saturated rings. The van der Waals surface area contributed by atoms with Gasteiger partial charge in [-0.1, -0.05) is 30.4 Å². The number of nitrogens with two attached hydrogens (primary N) is 1. The number of primary amides is 1. The molecule has 1 saturated carbocycles. The quantitative estimate of drug-likeness (QED) is 0.504. The van der Waals surface area contributed by atoms with E-state index in [1.54, 1.807) is 6.20 Å². The number of imidazole rings is 1. The van der Waals surface area contributed by atoms with Crippen molar-refractivity contribution in [2.75, 3.05) is 31.6 Å². The number of amides is 1. The molecule has 8 heteroatoms.